The summed E-state index contributed by atoms with van der Waals surface area (Å²) >= 11 is 0. The number of aryl methyl sites for hydroxylation is 1. The molecule has 3 nitrogen and oxygen atoms in total. The van der Waals surface area contributed by atoms with Crippen molar-refractivity contribution in [3.63, 3.8) is 0 Å². The van der Waals surface area contributed by atoms with Crippen LogP contribution in [0.2, 0.25) is 0 Å². The van der Waals surface area contributed by atoms with Gasteiger partial charge in [0, 0.05) is 12.2 Å². The predicted octanol–water partition coefficient (Wildman–Crippen LogP) is 1.71. The van der Waals surface area contributed by atoms with Crippen LogP contribution < -0.4 is 10.2 Å². The van der Waals surface area contributed by atoms with E-state index < -0.39 is 0 Å². The summed E-state index contributed by atoms with van der Waals surface area (Å²) in [6.07, 6.45) is 0. The van der Waals surface area contributed by atoms with Crippen LogP contribution in [0.3, 0.4) is 0 Å². The third-order valence-corrected chi connectivity index (χ3v) is 2.77. The van der Waals surface area contributed by atoms with Gasteiger partial charge < -0.3 is 10.2 Å². The van der Waals surface area contributed by atoms with Gasteiger partial charge in [0.15, 0.2) is 0 Å². The molecule has 1 saturated heterocycles. The van der Waals surface area contributed by atoms with E-state index >= 15 is 0 Å². The number of benzene rings is 1. The first kappa shape index (κ1) is 11.0. The van der Waals surface area contributed by atoms with Gasteiger partial charge in [0.2, 0.25) is 5.91 Å². The topological polar surface area (TPSA) is 32.3 Å². The minimum Gasteiger partial charge on any atom is -0.360 e. The Kier molecular flexibility index (Phi) is 2.62. The fourth-order valence-electron chi connectivity index (χ4n) is 2.17. The van der Waals surface area contributed by atoms with Crippen LogP contribution in [0.25, 0.3) is 0 Å². The third kappa shape index (κ3) is 2.35. The summed E-state index contributed by atoms with van der Waals surface area (Å²) in [7, 11) is 0. The Morgan fingerprint density at radius 2 is 2.12 bits per heavy atom. The Hall–Kier alpha value is -1.51. The molecule has 3 heteroatoms. The lowest BCUT2D eigenvalue weighted by Crippen LogP contribution is -2.60. The lowest BCUT2D eigenvalue weighted by molar-refractivity contribution is -0.122. The molecular formula is C13H18N2O. The molecule has 2 rings (SSSR count). The summed E-state index contributed by atoms with van der Waals surface area (Å²) in [4.78, 5) is 13.7. The van der Waals surface area contributed by atoms with Crippen LogP contribution in [0, 0.1) is 6.92 Å². The van der Waals surface area contributed by atoms with Crippen molar-refractivity contribution in [2.24, 2.45) is 0 Å². The number of nitrogens with zero attached hydrogens (tertiary/aromatic N) is 1. The SMILES string of the molecule is Cc1cccc(N2CC(=O)NC(C)(C)C2)c1. The number of carbonyl (C=O) groups excluding carboxylic acids is 1. The smallest absolute Gasteiger partial charge is 0.239 e. The average molecular weight is 218 g/mol. The van der Waals surface area contributed by atoms with E-state index in [1.807, 2.05) is 19.9 Å². The van der Waals surface area contributed by atoms with Gasteiger partial charge in [0.1, 0.15) is 0 Å². The zero-order chi connectivity index (χ0) is 11.8. The third-order valence-electron chi connectivity index (χ3n) is 2.77. The molecule has 16 heavy (non-hydrogen) atoms. The summed E-state index contributed by atoms with van der Waals surface area (Å²) in [6, 6.07) is 8.28. The van der Waals surface area contributed by atoms with E-state index in [1.54, 1.807) is 0 Å². The van der Waals surface area contributed by atoms with Crippen molar-refractivity contribution >= 4 is 11.6 Å². The number of rotatable bonds is 1. The molecule has 1 aliphatic heterocycles. The van der Waals surface area contributed by atoms with Crippen molar-refractivity contribution < 1.29 is 4.79 Å². The largest absolute Gasteiger partial charge is 0.360 e. The second kappa shape index (κ2) is 3.81. The van der Waals surface area contributed by atoms with Crippen LogP contribution >= 0.6 is 0 Å². The Balaban J connectivity index is 2.24. The first-order chi connectivity index (χ1) is 7.46. The van der Waals surface area contributed by atoms with Crippen molar-refractivity contribution in [3.05, 3.63) is 29.8 Å². The first-order valence-corrected chi connectivity index (χ1v) is 5.59. The van der Waals surface area contributed by atoms with E-state index in [-0.39, 0.29) is 11.4 Å². The molecule has 0 radical (unpaired) electrons. The molecule has 1 aromatic rings. The maximum atomic E-state index is 11.6. The highest BCUT2D eigenvalue weighted by atomic mass is 16.2. The summed E-state index contributed by atoms with van der Waals surface area (Å²) in [5.41, 5.74) is 2.20. The average Bonchev–Trinajstić information content (AvgIpc) is 2.14. The fraction of sp³-hybridized carbons (Fsp3) is 0.462. The van der Waals surface area contributed by atoms with E-state index in [0.717, 1.165) is 12.2 Å². The Morgan fingerprint density at radius 1 is 1.38 bits per heavy atom. The zero-order valence-corrected chi connectivity index (χ0v) is 10.1. The summed E-state index contributed by atoms with van der Waals surface area (Å²) in [6.45, 7) is 7.47. The highest BCUT2D eigenvalue weighted by molar-refractivity contribution is 5.83. The highest BCUT2D eigenvalue weighted by Crippen LogP contribution is 2.20. The number of anilines is 1. The van der Waals surface area contributed by atoms with Crippen LogP contribution in [-0.4, -0.2) is 24.5 Å². The molecule has 0 aliphatic carbocycles. The van der Waals surface area contributed by atoms with Crippen LogP contribution in [0.4, 0.5) is 5.69 Å². The van der Waals surface area contributed by atoms with E-state index in [0.29, 0.717) is 6.54 Å². The first-order valence-electron chi connectivity index (χ1n) is 5.59. The second-order valence-electron chi connectivity index (χ2n) is 5.13. The van der Waals surface area contributed by atoms with Crippen LogP contribution in [0.1, 0.15) is 19.4 Å². The number of hydrogen-bond donors (Lipinski definition) is 1. The predicted molar refractivity (Wildman–Crippen MR) is 65.6 cm³/mol. The normalized spacial score (nSPS) is 19.4. The van der Waals surface area contributed by atoms with Gasteiger partial charge in [0.05, 0.1) is 12.1 Å². The van der Waals surface area contributed by atoms with Crippen LogP contribution in [-0.2, 0) is 4.79 Å². The van der Waals surface area contributed by atoms with Crippen molar-refractivity contribution in [2.75, 3.05) is 18.0 Å². The summed E-state index contributed by atoms with van der Waals surface area (Å²) in [5.74, 6) is 0.0951. The number of hydrogen-bond acceptors (Lipinski definition) is 2. The lowest BCUT2D eigenvalue weighted by Gasteiger charge is -2.39. The van der Waals surface area contributed by atoms with E-state index in [9.17, 15) is 4.79 Å². The molecule has 1 aliphatic rings. The molecule has 0 spiro atoms. The van der Waals surface area contributed by atoms with Crippen molar-refractivity contribution in [3.8, 4) is 0 Å². The monoisotopic (exact) mass is 218 g/mol. The Bertz CT molecular complexity index is 412. The van der Waals surface area contributed by atoms with Gasteiger partial charge in [0.25, 0.3) is 0 Å². The molecule has 1 fully saturated rings. The second-order valence-corrected chi connectivity index (χ2v) is 5.13. The zero-order valence-electron chi connectivity index (χ0n) is 10.1. The molecular weight excluding hydrogens is 200 g/mol. The molecule has 1 amide bonds. The highest BCUT2D eigenvalue weighted by Gasteiger charge is 2.30. The van der Waals surface area contributed by atoms with E-state index in [2.05, 4.69) is 35.3 Å². The minimum atomic E-state index is -0.154. The molecule has 1 heterocycles. The van der Waals surface area contributed by atoms with Gasteiger partial charge in [-0.2, -0.15) is 0 Å². The van der Waals surface area contributed by atoms with Gasteiger partial charge >= 0.3 is 0 Å². The number of piperazine rings is 1. The Labute approximate surface area is 96.5 Å². The maximum absolute atomic E-state index is 11.6. The van der Waals surface area contributed by atoms with Crippen LogP contribution in [0.15, 0.2) is 24.3 Å². The number of carbonyl (C=O) groups is 1. The maximum Gasteiger partial charge on any atom is 0.239 e. The minimum absolute atomic E-state index is 0.0951. The van der Waals surface area contributed by atoms with Gasteiger partial charge in [-0.3, -0.25) is 4.79 Å². The summed E-state index contributed by atoms with van der Waals surface area (Å²) in [5, 5.41) is 2.99. The standard InChI is InChI=1S/C13H18N2O/c1-10-5-4-6-11(7-10)15-8-12(16)14-13(2,3)9-15/h4-7H,8-9H2,1-3H3,(H,14,16). The van der Waals surface area contributed by atoms with Gasteiger partial charge in [-0.15, -0.1) is 0 Å². The van der Waals surface area contributed by atoms with E-state index in [1.165, 1.54) is 5.56 Å². The summed E-state index contributed by atoms with van der Waals surface area (Å²) < 4.78 is 0. The lowest BCUT2D eigenvalue weighted by atomic mass is 10.0. The van der Waals surface area contributed by atoms with Crippen molar-refractivity contribution in [1.29, 1.82) is 0 Å². The Morgan fingerprint density at radius 3 is 2.75 bits per heavy atom. The molecule has 0 atom stereocenters. The molecule has 0 bridgehead atoms. The van der Waals surface area contributed by atoms with Gasteiger partial charge in [-0.25, -0.2) is 0 Å². The number of amides is 1. The number of nitrogens with one attached hydrogen (secondary N) is 1. The molecule has 1 N–H and O–H groups in total. The molecule has 0 unspecified atom stereocenters. The van der Waals surface area contributed by atoms with Crippen molar-refractivity contribution in [2.45, 2.75) is 26.3 Å². The molecule has 0 aromatic heterocycles. The van der Waals surface area contributed by atoms with E-state index in [4.69, 9.17) is 0 Å². The fourth-order valence-corrected chi connectivity index (χ4v) is 2.17. The van der Waals surface area contributed by atoms with Gasteiger partial charge in [-0.1, -0.05) is 12.1 Å². The van der Waals surface area contributed by atoms with Crippen molar-refractivity contribution in [1.82, 2.24) is 5.32 Å². The molecule has 1 aromatic carbocycles. The molecule has 0 saturated carbocycles. The molecule has 86 valence electrons. The van der Waals surface area contributed by atoms with Crippen LogP contribution in [0.5, 0.6) is 0 Å². The van der Waals surface area contributed by atoms with Gasteiger partial charge in [-0.05, 0) is 38.5 Å². The quantitative estimate of drug-likeness (QED) is 0.778.